The van der Waals surface area contributed by atoms with E-state index in [1.165, 1.54) is 0 Å². The molecule has 1 saturated heterocycles. The molecular weight excluding hydrogens is 292 g/mol. The molecule has 5 heteroatoms. The average molecular weight is 318 g/mol. The van der Waals surface area contributed by atoms with Gasteiger partial charge < -0.3 is 15.0 Å². The Kier molecular flexibility index (Phi) is 5.09. The first kappa shape index (κ1) is 17.5. The van der Waals surface area contributed by atoms with Gasteiger partial charge in [-0.25, -0.2) is 0 Å². The number of hydrogen-bond donors (Lipinski definition) is 1. The van der Waals surface area contributed by atoms with Crippen molar-refractivity contribution in [2.45, 2.75) is 39.8 Å². The van der Waals surface area contributed by atoms with E-state index in [2.05, 4.69) is 26.1 Å². The summed E-state index contributed by atoms with van der Waals surface area (Å²) < 4.78 is 5.61. The Morgan fingerprint density at radius 3 is 2.61 bits per heavy atom. The van der Waals surface area contributed by atoms with Crippen LogP contribution in [0.2, 0.25) is 0 Å². The van der Waals surface area contributed by atoms with E-state index in [0.717, 1.165) is 11.1 Å². The Bertz CT molecular complexity index is 592. The van der Waals surface area contributed by atoms with Gasteiger partial charge in [0, 0.05) is 13.6 Å². The molecule has 0 radical (unpaired) electrons. The molecule has 23 heavy (non-hydrogen) atoms. The van der Waals surface area contributed by atoms with Crippen molar-refractivity contribution in [1.29, 1.82) is 0 Å². The molecule has 5 nitrogen and oxygen atoms in total. The molecule has 0 unspecified atom stereocenters. The van der Waals surface area contributed by atoms with Gasteiger partial charge in [-0.3, -0.25) is 9.59 Å². The summed E-state index contributed by atoms with van der Waals surface area (Å²) in [4.78, 5) is 26.3. The maximum Gasteiger partial charge on any atom is 0.251 e. The maximum absolute atomic E-state index is 12.6. The van der Waals surface area contributed by atoms with E-state index in [1.807, 2.05) is 31.2 Å². The van der Waals surface area contributed by atoms with Gasteiger partial charge in [0.15, 0.2) is 6.10 Å². The van der Waals surface area contributed by atoms with Crippen molar-refractivity contribution in [1.82, 2.24) is 10.2 Å². The SMILES string of the molecule is Cc1ccccc1[C@@H]1[C@@H](C(=O)NCC(C)(C)C)OCC(=O)N1C. The lowest BCUT2D eigenvalue weighted by molar-refractivity contribution is -0.162. The first-order chi connectivity index (χ1) is 10.7. The molecule has 0 aliphatic carbocycles. The van der Waals surface area contributed by atoms with Crippen molar-refractivity contribution in [3.05, 3.63) is 35.4 Å². The van der Waals surface area contributed by atoms with Crippen molar-refractivity contribution in [2.75, 3.05) is 20.2 Å². The number of nitrogens with one attached hydrogen (secondary N) is 1. The normalized spacial score (nSPS) is 22.1. The average Bonchev–Trinajstić information content (AvgIpc) is 2.48. The highest BCUT2D eigenvalue weighted by molar-refractivity contribution is 5.86. The van der Waals surface area contributed by atoms with E-state index in [4.69, 9.17) is 4.74 Å². The Morgan fingerprint density at radius 2 is 2.00 bits per heavy atom. The molecular formula is C18H26N2O3. The second-order valence-corrected chi connectivity index (χ2v) is 7.32. The molecule has 1 aliphatic heterocycles. The summed E-state index contributed by atoms with van der Waals surface area (Å²) in [5.74, 6) is -0.286. The van der Waals surface area contributed by atoms with Gasteiger partial charge in [0.1, 0.15) is 6.61 Å². The third-order valence-electron chi connectivity index (χ3n) is 4.04. The van der Waals surface area contributed by atoms with E-state index in [1.54, 1.807) is 11.9 Å². The molecule has 2 atom stereocenters. The minimum absolute atomic E-state index is 0.00971. The molecule has 0 aromatic heterocycles. The summed E-state index contributed by atoms with van der Waals surface area (Å²) >= 11 is 0. The van der Waals surface area contributed by atoms with E-state index >= 15 is 0 Å². The highest BCUT2D eigenvalue weighted by Crippen LogP contribution is 2.31. The van der Waals surface area contributed by atoms with Gasteiger partial charge >= 0.3 is 0 Å². The molecule has 1 N–H and O–H groups in total. The van der Waals surface area contributed by atoms with Crippen molar-refractivity contribution < 1.29 is 14.3 Å². The fourth-order valence-electron chi connectivity index (χ4n) is 2.67. The van der Waals surface area contributed by atoms with Crippen LogP contribution in [0.1, 0.15) is 37.9 Å². The molecule has 0 spiro atoms. The first-order valence-electron chi connectivity index (χ1n) is 7.91. The number of nitrogens with zero attached hydrogens (tertiary/aromatic N) is 1. The predicted molar refractivity (Wildman–Crippen MR) is 88.9 cm³/mol. The van der Waals surface area contributed by atoms with Crippen molar-refractivity contribution in [3.8, 4) is 0 Å². The Balaban J connectivity index is 2.27. The van der Waals surface area contributed by atoms with Crippen molar-refractivity contribution in [3.63, 3.8) is 0 Å². The number of carbonyl (C=O) groups excluding carboxylic acids is 2. The lowest BCUT2D eigenvalue weighted by atomic mass is 9.93. The van der Waals surface area contributed by atoms with Gasteiger partial charge in [-0.15, -0.1) is 0 Å². The molecule has 2 rings (SSSR count). The fraction of sp³-hybridized carbons (Fsp3) is 0.556. The van der Waals surface area contributed by atoms with Gasteiger partial charge in [0.05, 0.1) is 6.04 Å². The van der Waals surface area contributed by atoms with Crippen molar-refractivity contribution in [2.24, 2.45) is 5.41 Å². The molecule has 1 aliphatic rings. The molecule has 126 valence electrons. The van der Waals surface area contributed by atoms with E-state index < -0.39 is 12.1 Å². The summed E-state index contributed by atoms with van der Waals surface area (Å²) in [6.07, 6.45) is -0.693. The van der Waals surface area contributed by atoms with E-state index in [0.29, 0.717) is 6.54 Å². The molecule has 1 aromatic rings. The van der Waals surface area contributed by atoms with Crippen LogP contribution in [-0.2, 0) is 14.3 Å². The van der Waals surface area contributed by atoms with Crippen LogP contribution >= 0.6 is 0 Å². The number of ether oxygens (including phenoxy) is 1. The minimum atomic E-state index is -0.693. The number of benzene rings is 1. The van der Waals surface area contributed by atoms with Crippen LogP contribution in [0.3, 0.4) is 0 Å². The minimum Gasteiger partial charge on any atom is -0.356 e. The summed E-state index contributed by atoms with van der Waals surface area (Å²) in [7, 11) is 1.73. The highest BCUT2D eigenvalue weighted by Gasteiger charge is 2.40. The lowest BCUT2D eigenvalue weighted by Gasteiger charge is -2.39. The monoisotopic (exact) mass is 318 g/mol. The van der Waals surface area contributed by atoms with E-state index in [-0.39, 0.29) is 23.8 Å². The van der Waals surface area contributed by atoms with Crippen LogP contribution in [0.25, 0.3) is 0 Å². The molecule has 0 saturated carbocycles. The van der Waals surface area contributed by atoms with Crippen LogP contribution in [0, 0.1) is 12.3 Å². The van der Waals surface area contributed by atoms with Gasteiger partial charge in [-0.05, 0) is 23.5 Å². The van der Waals surface area contributed by atoms with Crippen LogP contribution in [-0.4, -0.2) is 43.0 Å². The second-order valence-electron chi connectivity index (χ2n) is 7.32. The first-order valence-corrected chi connectivity index (χ1v) is 7.91. The standard InChI is InChI=1S/C18H26N2O3/c1-12-8-6-7-9-13(12)15-16(23-10-14(21)20(15)5)17(22)19-11-18(2,3)4/h6-9,15-16H,10-11H2,1-5H3,(H,19,22)/t15-,16+/m1/s1. The van der Waals surface area contributed by atoms with Gasteiger partial charge in [-0.1, -0.05) is 45.0 Å². The number of aryl methyl sites for hydroxylation is 1. The summed E-state index contributed by atoms with van der Waals surface area (Å²) in [5, 5.41) is 2.95. The zero-order valence-corrected chi connectivity index (χ0v) is 14.6. The van der Waals surface area contributed by atoms with Gasteiger partial charge in [-0.2, -0.15) is 0 Å². The smallest absolute Gasteiger partial charge is 0.251 e. The number of carbonyl (C=O) groups is 2. The molecule has 0 bridgehead atoms. The molecule has 2 amide bonds. The molecule has 1 aromatic carbocycles. The van der Waals surface area contributed by atoms with Gasteiger partial charge in [0.25, 0.3) is 5.91 Å². The highest BCUT2D eigenvalue weighted by atomic mass is 16.5. The van der Waals surface area contributed by atoms with Crippen LogP contribution in [0.4, 0.5) is 0 Å². The summed E-state index contributed by atoms with van der Waals surface area (Å²) in [6.45, 7) is 8.65. The quantitative estimate of drug-likeness (QED) is 0.928. The second kappa shape index (κ2) is 6.71. The third kappa shape index (κ3) is 4.10. The zero-order chi connectivity index (χ0) is 17.2. The Morgan fingerprint density at radius 1 is 1.35 bits per heavy atom. The Hall–Kier alpha value is -1.88. The number of likely N-dealkylation sites (N-methyl/N-ethyl adjacent to an activating group) is 1. The molecule has 1 fully saturated rings. The van der Waals surface area contributed by atoms with Crippen LogP contribution in [0.5, 0.6) is 0 Å². The number of morpholine rings is 1. The predicted octanol–water partition coefficient (Wildman–Crippen LogP) is 2.06. The van der Waals surface area contributed by atoms with Gasteiger partial charge in [0.2, 0.25) is 5.91 Å². The third-order valence-corrected chi connectivity index (χ3v) is 4.04. The summed E-state index contributed by atoms with van der Waals surface area (Å²) in [5.41, 5.74) is 1.97. The fourth-order valence-corrected chi connectivity index (χ4v) is 2.67. The molecule has 1 heterocycles. The Labute approximate surface area is 138 Å². The number of hydrogen-bond acceptors (Lipinski definition) is 3. The zero-order valence-electron chi connectivity index (χ0n) is 14.6. The van der Waals surface area contributed by atoms with Crippen molar-refractivity contribution >= 4 is 11.8 Å². The topological polar surface area (TPSA) is 58.6 Å². The maximum atomic E-state index is 12.6. The largest absolute Gasteiger partial charge is 0.356 e. The van der Waals surface area contributed by atoms with Crippen LogP contribution < -0.4 is 5.32 Å². The number of amides is 2. The van der Waals surface area contributed by atoms with Crippen LogP contribution in [0.15, 0.2) is 24.3 Å². The lowest BCUT2D eigenvalue weighted by Crippen LogP contribution is -2.53. The summed E-state index contributed by atoms with van der Waals surface area (Å²) in [6, 6.07) is 7.38. The van der Waals surface area contributed by atoms with E-state index in [9.17, 15) is 9.59 Å². The number of rotatable bonds is 3.